The van der Waals surface area contributed by atoms with Crippen molar-refractivity contribution in [2.45, 2.75) is 19.9 Å². The molecule has 18 heavy (non-hydrogen) atoms. The first kappa shape index (κ1) is 14.4. The summed E-state index contributed by atoms with van der Waals surface area (Å²) < 4.78 is 0.229. The molecular weight excluding hydrogens is 304 g/mol. The summed E-state index contributed by atoms with van der Waals surface area (Å²) in [7, 11) is 0. The maximum atomic E-state index is 12.1. The van der Waals surface area contributed by atoms with Gasteiger partial charge in [-0.2, -0.15) is 0 Å². The van der Waals surface area contributed by atoms with Gasteiger partial charge in [-0.3, -0.25) is 14.4 Å². The number of H-pyrrole nitrogens is 1. The lowest BCUT2D eigenvalue weighted by Gasteiger charge is -2.24. The molecule has 0 bridgehead atoms. The minimum absolute atomic E-state index is 0.229. The van der Waals surface area contributed by atoms with Gasteiger partial charge in [-0.25, -0.2) is 0 Å². The van der Waals surface area contributed by atoms with E-state index in [0.717, 1.165) is 0 Å². The summed E-state index contributed by atoms with van der Waals surface area (Å²) in [6.07, 6.45) is 1.27. The first-order valence-corrected chi connectivity index (χ1v) is 6.03. The molecule has 2 N–H and O–H groups in total. The van der Waals surface area contributed by atoms with Crippen molar-refractivity contribution < 1.29 is 14.7 Å². The van der Waals surface area contributed by atoms with Gasteiger partial charge in [0.05, 0.1) is 10.0 Å². The van der Waals surface area contributed by atoms with Crippen LogP contribution in [0.1, 0.15) is 24.2 Å². The highest BCUT2D eigenvalue weighted by Gasteiger charge is 2.21. The number of carboxylic acids is 1. The minimum atomic E-state index is -1.08. The molecule has 0 saturated heterocycles. The predicted octanol–water partition coefficient (Wildman–Crippen LogP) is 1.07. The van der Waals surface area contributed by atoms with E-state index in [2.05, 4.69) is 20.9 Å². The van der Waals surface area contributed by atoms with Crippen LogP contribution in [-0.4, -0.2) is 39.5 Å². The van der Waals surface area contributed by atoms with E-state index >= 15 is 0 Å². The fourth-order valence-corrected chi connectivity index (χ4v) is 1.74. The van der Waals surface area contributed by atoms with E-state index in [1.807, 2.05) is 0 Å². The van der Waals surface area contributed by atoms with E-state index in [1.54, 1.807) is 13.8 Å². The molecule has 0 aromatic carbocycles. The second kappa shape index (κ2) is 5.81. The second-order valence-electron chi connectivity index (χ2n) is 3.99. The Morgan fingerprint density at radius 1 is 1.50 bits per heavy atom. The van der Waals surface area contributed by atoms with Crippen LogP contribution in [0, 0.1) is 0 Å². The molecule has 1 aromatic heterocycles. The molecule has 0 aliphatic rings. The van der Waals surface area contributed by atoms with Crippen LogP contribution in [0.4, 0.5) is 0 Å². The number of carbonyl (C=O) groups is 2. The Morgan fingerprint density at radius 3 is 2.56 bits per heavy atom. The molecule has 0 atom stereocenters. The summed E-state index contributed by atoms with van der Waals surface area (Å²) in [6, 6.07) is 1.12. The summed E-state index contributed by atoms with van der Waals surface area (Å²) >= 11 is 3.02. The molecule has 0 saturated carbocycles. The number of aromatic nitrogens is 1. The Labute approximate surface area is 112 Å². The number of hydrogen-bond donors (Lipinski definition) is 2. The standard InChI is InChI=1S/C11H13BrN2O4/c1-6(2)14(5-9(15)16)11(18)7-3-8(12)10(17)13-4-7/h3-4,6H,5H2,1-2H3,(H,13,17)(H,15,16). The molecule has 1 rings (SSSR count). The van der Waals surface area contributed by atoms with Crippen molar-refractivity contribution >= 4 is 27.8 Å². The highest BCUT2D eigenvalue weighted by molar-refractivity contribution is 9.10. The van der Waals surface area contributed by atoms with Crippen molar-refractivity contribution in [3.63, 3.8) is 0 Å². The number of aliphatic carboxylic acids is 1. The van der Waals surface area contributed by atoms with E-state index in [1.165, 1.54) is 17.2 Å². The van der Waals surface area contributed by atoms with Gasteiger partial charge in [-0.1, -0.05) is 0 Å². The highest BCUT2D eigenvalue weighted by atomic mass is 79.9. The number of pyridine rings is 1. The van der Waals surface area contributed by atoms with Crippen molar-refractivity contribution in [1.82, 2.24) is 9.88 Å². The van der Waals surface area contributed by atoms with Crippen LogP contribution in [0.5, 0.6) is 0 Å². The fourth-order valence-electron chi connectivity index (χ4n) is 1.38. The number of aromatic amines is 1. The molecule has 1 amide bonds. The van der Waals surface area contributed by atoms with E-state index in [4.69, 9.17) is 5.11 Å². The van der Waals surface area contributed by atoms with Crippen LogP contribution in [0.25, 0.3) is 0 Å². The number of rotatable bonds is 4. The third-order valence-corrected chi connectivity index (χ3v) is 2.88. The van der Waals surface area contributed by atoms with Crippen LogP contribution in [0.3, 0.4) is 0 Å². The van der Waals surface area contributed by atoms with Crippen LogP contribution in [-0.2, 0) is 4.79 Å². The maximum Gasteiger partial charge on any atom is 0.323 e. The van der Waals surface area contributed by atoms with Crippen molar-refractivity contribution in [3.05, 3.63) is 32.7 Å². The van der Waals surface area contributed by atoms with Gasteiger partial charge >= 0.3 is 5.97 Å². The monoisotopic (exact) mass is 316 g/mol. The van der Waals surface area contributed by atoms with Crippen LogP contribution >= 0.6 is 15.9 Å². The molecule has 6 nitrogen and oxygen atoms in total. The molecule has 98 valence electrons. The first-order chi connectivity index (χ1) is 8.32. The van der Waals surface area contributed by atoms with Gasteiger partial charge in [0.25, 0.3) is 11.5 Å². The fraction of sp³-hybridized carbons (Fsp3) is 0.364. The van der Waals surface area contributed by atoms with Gasteiger partial charge in [-0.15, -0.1) is 0 Å². The lowest BCUT2D eigenvalue weighted by atomic mass is 10.2. The van der Waals surface area contributed by atoms with Crippen LogP contribution < -0.4 is 5.56 Å². The number of halogens is 1. The zero-order valence-electron chi connectivity index (χ0n) is 9.94. The Morgan fingerprint density at radius 2 is 2.11 bits per heavy atom. The molecular formula is C11H13BrN2O4. The third kappa shape index (κ3) is 3.43. The maximum absolute atomic E-state index is 12.1. The van der Waals surface area contributed by atoms with Gasteiger partial charge in [0.1, 0.15) is 6.54 Å². The van der Waals surface area contributed by atoms with Crippen LogP contribution in [0.2, 0.25) is 0 Å². The normalized spacial score (nSPS) is 10.4. The Hall–Kier alpha value is -1.63. The first-order valence-electron chi connectivity index (χ1n) is 5.24. The quantitative estimate of drug-likeness (QED) is 0.869. The highest BCUT2D eigenvalue weighted by Crippen LogP contribution is 2.10. The Balaban J connectivity index is 3.05. The van der Waals surface area contributed by atoms with Gasteiger partial charge in [-0.05, 0) is 35.8 Å². The van der Waals surface area contributed by atoms with Crippen molar-refractivity contribution in [1.29, 1.82) is 0 Å². The minimum Gasteiger partial charge on any atom is -0.480 e. The zero-order chi connectivity index (χ0) is 13.9. The lowest BCUT2D eigenvalue weighted by Crippen LogP contribution is -2.40. The number of carbonyl (C=O) groups excluding carboxylic acids is 1. The second-order valence-corrected chi connectivity index (χ2v) is 4.84. The van der Waals surface area contributed by atoms with Crippen LogP contribution in [0.15, 0.2) is 21.5 Å². The SMILES string of the molecule is CC(C)N(CC(=O)O)C(=O)c1c[nH]c(=O)c(Br)c1. The largest absolute Gasteiger partial charge is 0.480 e. The molecule has 0 spiro atoms. The van der Waals surface area contributed by atoms with Crippen molar-refractivity contribution in [3.8, 4) is 0 Å². The zero-order valence-corrected chi connectivity index (χ0v) is 11.5. The molecule has 0 unspecified atom stereocenters. The molecule has 7 heteroatoms. The Bertz CT molecular complexity index is 524. The summed E-state index contributed by atoms with van der Waals surface area (Å²) in [4.78, 5) is 37.6. The van der Waals surface area contributed by atoms with Gasteiger partial charge in [0.15, 0.2) is 0 Å². The number of nitrogens with zero attached hydrogens (tertiary/aromatic N) is 1. The molecule has 0 radical (unpaired) electrons. The molecule has 1 heterocycles. The smallest absolute Gasteiger partial charge is 0.323 e. The summed E-state index contributed by atoms with van der Waals surface area (Å²) in [5, 5.41) is 8.77. The Kier molecular flexibility index (Phi) is 4.66. The molecule has 0 fully saturated rings. The predicted molar refractivity (Wildman–Crippen MR) is 68.6 cm³/mol. The third-order valence-electron chi connectivity index (χ3n) is 2.29. The number of carboxylic acid groups (broad SMARTS) is 1. The average molecular weight is 317 g/mol. The number of hydrogen-bond acceptors (Lipinski definition) is 3. The average Bonchev–Trinajstić information content (AvgIpc) is 2.28. The van der Waals surface area contributed by atoms with Gasteiger partial charge < -0.3 is 15.0 Å². The molecule has 0 aliphatic carbocycles. The van der Waals surface area contributed by atoms with E-state index < -0.39 is 11.9 Å². The summed E-state index contributed by atoms with van der Waals surface area (Å²) in [6.45, 7) is 3.07. The van der Waals surface area contributed by atoms with E-state index in [9.17, 15) is 14.4 Å². The number of amides is 1. The van der Waals surface area contributed by atoms with Crippen molar-refractivity contribution in [2.24, 2.45) is 0 Å². The lowest BCUT2D eigenvalue weighted by molar-refractivity contribution is -0.138. The van der Waals surface area contributed by atoms with Crippen molar-refractivity contribution in [2.75, 3.05) is 6.54 Å². The molecule has 1 aromatic rings. The molecule has 0 aliphatic heterocycles. The summed E-state index contributed by atoms with van der Waals surface area (Å²) in [5.74, 6) is -1.52. The number of nitrogens with one attached hydrogen (secondary N) is 1. The summed E-state index contributed by atoms with van der Waals surface area (Å²) in [5.41, 5.74) is -0.114. The van der Waals surface area contributed by atoms with Gasteiger partial charge in [0.2, 0.25) is 0 Å². The van der Waals surface area contributed by atoms with E-state index in [0.29, 0.717) is 0 Å². The van der Waals surface area contributed by atoms with E-state index in [-0.39, 0.29) is 28.2 Å². The topological polar surface area (TPSA) is 90.5 Å². The van der Waals surface area contributed by atoms with Gasteiger partial charge in [0, 0.05) is 12.2 Å².